The molecule has 0 aliphatic rings. The number of aryl methyl sites for hydroxylation is 1. The zero-order valence-electron chi connectivity index (χ0n) is 10.2. The first-order chi connectivity index (χ1) is 8.43. The zero-order valence-corrected chi connectivity index (χ0v) is 11.8. The van der Waals surface area contributed by atoms with Gasteiger partial charge in [-0.2, -0.15) is 0 Å². The lowest BCUT2D eigenvalue weighted by Gasteiger charge is -2.15. The van der Waals surface area contributed by atoms with E-state index in [9.17, 15) is 9.59 Å². The average molecular weight is 315 g/mol. The van der Waals surface area contributed by atoms with E-state index >= 15 is 0 Å². The van der Waals surface area contributed by atoms with Crippen LogP contribution < -0.4 is 0 Å². The van der Waals surface area contributed by atoms with Crippen LogP contribution >= 0.6 is 15.9 Å². The number of hydrogen-bond donors (Lipinski definition) is 2. The summed E-state index contributed by atoms with van der Waals surface area (Å²) in [5.41, 5.74) is 2.37. The smallest absolute Gasteiger partial charge is 0.322 e. The Kier molecular flexibility index (Phi) is 4.90. The van der Waals surface area contributed by atoms with E-state index in [1.165, 1.54) is 0 Å². The number of carboxylic acids is 2. The Labute approximate surface area is 114 Å². The normalized spacial score (nSPS) is 10.7. The molecule has 1 aromatic rings. The monoisotopic (exact) mass is 314 g/mol. The van der Waals surface area contributed by atoms with Crippen molar-refractivity contribution in [2.45, 2.75) is 32.6 Å². The maximum absolute atomic E-state index is 11.0. The quantitative estimate of drug-likeness (QED) is 0.819. The molecule has 0 fully saturated rings. The van der Waals surface area contributed by atoms with Crippen LogP contribution in [0.5, 0.6) is 0 Å². The van der Waals surface area contributed by atoms with Gasteiger partial charge in [0.1, 0.15) is 0 Å². The van der Waals surface area contributed by atoms with Gasteiger partial charge in [-0.1, -0.05) is 41.9 Å². The summed E-state index contributed by atoms with van der Waals surface area (Å²) in [7, 11) is 0. The van der Waals surface area contributed by atoms with Crippen LogP contribution in [0.2, 0.25) is 0 Å². The topological polar surface area (TPSA) is 74.6 Å². The van der Waals surface area contributed by atoms with Crippen molar-refractivity contribution in [1.29, 1.82) is 0 Å². The van der Waals surface area contributed by atoms with Gasteiger partial charge in [0.05, 0.1) is 0 Å². The number of benzene rings is 1. The number of carbonyl (C=O) groups is 2. The van der Waals surface area contributed by atoms with E-state index in [4.69, 9.17) is 10.2 Å². The fourth-order valence-corrected chi connectivity index (χ4v) is 2.88. The van der Waals surface area contributed by atoms with Crippen molar-refractivity contribution in [2.24, 2.45) is 0 Å². The largest absolute Gasteiger partial charge is 0.480 e. The maximum atomic E-state index is 11.0. The second kappa shape index (κ2) is 6.00. The van der Waals surface area contributed by atoms with Crippen LogP contribution in [0.25, 0.3) is 0 Å². The molecule has 0 radical (unpaired) electrons. The van der Waals surface area contributed by atoms with E-state index in [2.05, 4.69) is 15.9 Å². The van der Waals surface area contributed by atoms with Crippen LogP contribution in [0.3, 0.4) is 0 Å². The standard InChI is InChI=1S/C13H15BrO4/c1-3-7-5-6-9(11(14)8(7)4-2)10(12(15)16)13(17)18/h5-6,10H,3-4H2,1-2H3,(H,15,16)(H,17,18). The number of rotatable bonds is 5. The molecule has 2 N–H and O–H groups in total. The second-order valence-electron chi connectivity index (χ2n) is 3.92. The second-order valence-corrected chi connectivity index (χ2v) is 4.72. The fourth-order valence-electron chi connectivity index (χ4n) is 1.99. The van der Waals surface area contributed by atoms with Gasteiger partial charge in [-0.05, 0) is 29.5 Å². The van der Waals surface area contributed by atoms with E-state index in [0.717, 1.165) is 24.0 Å². The van der Waals surface area contributed by atoms with Gasteiger partial charge in [-0.15, -0.1) is 0 Å². The molecule has 0 heterocycles. The van der Waals surface area contributed by atoms with Gasteiger partial charge >= 0.3 is 11.9 Å². The Hall–Kier alpha value is -1.36. The highest BCUT2D eigenvalue weighted by Crippen LogP contribution is 2.31. The Balaban J connectivity index is 3.42. The molecule has 5 heteroatoms. The lowest BCUT2D eigenvalue weighted by atomic mass is 9.93. The van der Waals surface area contributed by atoms with Gasteiger partial charge in [0, 0.05) is 4.47 Å². The molecule has 1 aromatic carbocycles. The van der Waals surface area contributed by atoms with E-state index in [1.807, 2.05) is 13.8 Å². The molecule has 0 aromatic heterocycles. The number of carboxylic acid groups (broad SMARTS) is 2. The van der Waals surface area contributed by atoms with Gasteiger partial charge in [-0.3, -0.25) is 9.59 Å². The van der Waals surface area contributed by atoms with Crippen LogP contribution in [0, 0.1) is 0 Å². The molecule has 0 spiro atoms. The van der Waals surface area contributed by atoms with Crippen LogP contribution in [-0.4, -0.2) is 22.2 Å². The minimum absolute atomic E-state index is 0.295. The molecule has 0 amide bonds. The molecule has 0 atom stereocenters. The third kappa shape index (κ3) is 2.72. The number of aliphatic carboxylic acids is 2. The van der Waals surface area contributed by atoms with Crippen molar-refractivity contribution in [1.82, 2.24) is 0 Å². The lowest BCUT2D eigenvalue weighted by Crippen LogP contribution is -2.22. The summed E-state index contributed by atoms with van der Waals surface area (Å²) in [6, 6.07) is 3.38. The van der Waals surface area contributed by atoms with Crippen LogP contribution in [0.4, 0.5) is 0 Å². The summed E-state index contributed by atoms with van der Waals surface area (Å²) < 4.78 is 0.596. The number of halogens is 1. The molecule has 98 valence electrons. The van der Waals surface area contributed by atoms with E-state index in [1.54, 1.807) is 12.1 Å². The lowest BCUT2D eigenvalue weighted by molar-refractivity contribution is -0.150. The molecular weight excluding hydrogens is 300 g/mol. The van der Waals surface area contributed by atoms with E-state index in [0.29, 0.717) is 10.0 Å². The van der Waals surface area contributed by atoms with Crippen molar-refractivity contribution in [3.63, 3.8) is 0 Å². The Bertz CT molecular complexity index is 468. The molecule has 1 rings (SSSR count). The van der Waals surface area contributed by atoms with Crippen LogP contribution in [0.1, 0.15) is 36.5 Å². The summed E-state index contributed by atoms with van der Waals surface area (Å²) in [6.45, 7) is 3.96. The van der Waals surface area contributed by atoms with E-state index in [-0.39, 0.29) is 0 Å². The van der Waals surface area contributed by atoms with Crippen molar-refractivity contribution < 1.29 is 19.8 Å². The van der Waals surface area contributed by atoms with Gasteiger partial charge in [0.25, 0.3) is 0 Å². The average Bonchev–Trinajstić information content (AvgIpc) is 2.30. The van der Waals surface area contributed by atoms with Gasteiger partial charge < -0.3 is 10.2 Å². The Morgan fingerprint density at radius 3 is 2.11 bits per heavy atom. The predicted molar refractivity (Wildman–Crippen MR) is 70.9 cm³/mol. The van der Waals surface area contributed by atoms with Crippen LogP contribution in [-0.2, 0) is 22.4 Å². The van der Waals surface area contributed by atoms with Crippen LogP contribution in [0.15, 0.2) is 16.6 Å². The SMILES string of the molecule is CCc1ccc(C(C(=O)O)C(=O)O)c(Br)c1CC. The van der Waals surface area contributed by atoms with Crippen molar-refractivity contribution in [3.8, 4) is 0 Å². The van der Waals surface area contributed by atoms with Gasteiger partial charge in [0.15, 0.2) is 5.92 Å². The van der Waals surface area contributed by atoms with Gasteiger partial charge in [-0.25, -0.2) is 0 Å². The maximum Gasteiger partial charge on any atom is 0.322 e. The molecule has 0 aliphatic carbocycles. The highest BCUT2D eigenvalue weighted by atomic mass is 79.9. The summed E-state index contributed by atoms with van der Waals surface area (Å²) >= 11 is 3.34. The Morgan fingerprint density at radius 2 is 1.72 bits per heavy atom. The first-order valence-electron chi connectivity index (χ1n) is 5.69. The van der Waals surface area contributed by atoms with Crippen molar-refractivity contribution >= 4 is 27.9 Å². The molecule has 0 bridgehead atoms. The highest BCUT2D eigenvalue weighted by molar-refractivity contribution is 9.10. The first-order valence-corrected chi connectivity index (χ1v) is 6.49. The molecule has 18 heavy (non-hydrogen) atoms. The molecular formula is C13H15BrO4. The summed E-state index contributed by atoms with van der Waals surface area (Å²) in [5.74, 6) is -4.24. The van der Waals surface area contributed by atoms with E-state index < -0.39 is 17.9 Å². The fraction of sp³-hybridized carbons (Fsp3) is 0.385. The van der Waals surface area contributed by atoms with Crippen molar-refractivity contribution in [3.05, 3.63) is 33.3 Å². The van der Waals surface area contributed by atoms with Crippen molar-refractivity contribution in [2.75, 3.05) is 0 Å². The molecule has 4 nitrogen and oxygen atoms in total. The molecule has 0 saturated carbocycles. The zero-order chi connectivity index (χ0) is 13.9. The van der Waals surface area contributed by atoms with Gasteiger partial charge in [0.2, 0.25) is 0 Å². The molecule has 0 saturated heterocycles. The first kappa shape index (κ1) is 14.7. The third-order valence-corrected chi connectivity index (χ3v) is 3.85. The number of hydrogen-bond acceptors (Lipinski definition) is 2. The summed E-state index contributed by atoms with van der Waals surface area (Å²) in [5, 5.41) is 18.0. The summed E-state index contributed by atoms with van der Waals surface area (Å²) in [4.78, 5) is 22.1. The molecule has 0 aliphatic heterocycles. The molecule has 0 unspecified atom stereocenters. The minimum Gasteiger partial charge on any atom is -0.480 e. The third-order valence-electron chi connectivity index (χ3n) is 2.91. The summed E-state index contributed by atoms with van der Waals surface area (Å²) in [6.07, 6.45) is 1.55. The Morgan fingerprint density at radius 1 is 1.17 bits per heavy atom. The predicted octanol–water partition coefficient (Wildman–Crippen LogP) is 2.83. The highest BCUT2D eigenvalue weighted by Gasteiger charge is 2.30. The minimum atomic E-state index is -1.53.